The van der Waals surface area contributed by atoms with Crippen LogP contribution >= 0.6 is 0 Å². The molecule has 0 aliphatic carbocycles. The van der Waals surface area contributed by atoms with Crippen LogP contribution in [0.1, 0.15) is 24.4 Å². The maximum atomic E-state index is 10.8. The number of fused-ring (bicyclic) bond motifs is 1. The largest absolute Gasteiger partial charge is 0.454 e. The van der Waals surface area contributed by atoms with Crippen LogP contribution in [0.5, 0.6) is 11.5 Å². The van der Waals surface area contributed by atoms with Crippen LogP contribution in [0.15, 0.2) is 46.9 Å². The molecule has 0 spiro atoms. The van der Waals surface area contributed by atoms with Crippen molar-refractivity contribution in [1.29, 1.82) is 0 Å². The van der Waals surface area contributed by atoms with Gasteiger partial charge in [0.2, 0.25) is 18.6 Å². The number of hydrogen-bond acceptors (Lipinski definition) is 8. The highest BCUT2D eigenvalue weighted by atomic mass is 16.7. The van der Waals surface area contributed by atoms with Crippen molar-refractivity contribution in [3.8, 4) is 23.0 Å². The van der Waals surface area contributed by atoms with Crippen LogP contribution in [0.25, 0.3) is 11.5 Å². The Balaban J connectivity index is 1.46. The van der Waals surface area contributed by atoms with Gasteiger partial charge in [0, 0.05) is 24.2 Å². The summed E-state index contributed by atoms with van der Waals surface area (Å²) in [6.07, 6.45) is 0. The van der Waals surface area contributed by atoms with E-state index in [9.17, 15) is 10.1 Å². The molecule has 3 aromatic rings. The highest BCUT2D eigenvalue weighted by molar-refractivity contribution is 5.55. The van der Waals surface area contributed by atoms with Gasteiger partial charge >= 0.3 is 0 Å². The van der Waals surface area contributed by atoms with Gasteiger partial charge in [-0.15, -0.1) is 10.2 Å². The summed E-state index contributed by atoms with van der Waals surface area (Å²) in [5.41, 5.74) is 1.73. The lowest BCUT2D eigenvalue weighted by Gasteiger charge is -2.21. The van der Waals surface area contributed by atoms with E-state index in [1.54, 1.807) is 12.1 Å². The molecule has 4 rings (SSSR count). The monoisotopic (exact) mass is 382 g/mol. The van der Waals surface area contributed by atoms with E-state index in [2.05, 4.69) is 15.1 Å². The molecule has 2 heterocycles. The second-order valence-electron chi connectivity index (χ2n) is 6.53. The molecule has 0 saturated carbocycles. The Bertz CT molecular complexity index is 1000. The number of nitrogens with zero attached hydrogens (tertiary/aromatic N) is 4. The van der Waals surface area contributed by atoms with E-state index >= 15 is 0 Å². The Morgan fingerprint density at radius 2 is 1.89 bits per heavy atom. The summed E-state index contributed by atoms with van der Waals surface area (Å²) in [6.45, 7) is 2.88. The summed E-state index contributed by atoms with van der Waals surface area (Å²) in [6, 6.07) is 11.7. The second kappa shape index (κ2) is 7.28. The first-order valence-electron chi connectivity index (χ1n) is 8.68. The van der Waals surface area contributed by atoms with Crippen LogP contribution in [-0.2, 0) is 6.54 Å². The fourth-order valence-electron chi connectivity index (χ4n) is 2.90. The predicted octanol–water partition coefficient (Wildman–Crippen LogP) is 3.57. The van der Waals surface area contributed by atoms with Gasteiger partial charge in [-0.3, -0.25) is 15.0 Å². The Kier molecular flexibility index (Phi) is 4.66. The molecule has 0 unspecified atom stereocenters. The molecular formula is C19H18N4O5. The molecule has 0 fully saturated rings. The summed E-state index contributed by atoms with van der Waals surface area (Å²) in [5, 5.41) is 19.0. The van der Waals surface area contributed by atoms with E-state index in [4.69, 9.17) is 13.9 Å². The molecule has 2 aromatic carbocycles. The number of hydrogen-bond donors (Lipinski definition) is 0. The molecule has 0 N–H and O–H groups in total. The summed E-state index contributed by atoms with van der Waals surface area (Å²) in [5.74, 6) is 2.30. The van der Waals surface area contributed by atoms with Crippen molar-refractivity contribution < 1.29 is 18.8 Å². The molecular weight excluding hydrogens is 364 g/mol. The van der Waals surface area contributed by atoms with Gasteiger partial charge in [0.25, 0.3) is 5.69 Å². The Labute approximate surface area is 160 Å². The van der Waals surface area contributed by atoms with Crippen molar-refractivity contribution >= 4 is 5.69 Å². The Morgan fingerprint density at radius 1 is 1.14 bits per heavy atom. The molecule has 0 bridgehead atoms. The molecule has 28 heavy (non-hydrogen) atoms. The van der Waals surface area contributed by atoms with Gasteiger partial charge in [-0.25, -0.2) is 0 Å². The zero-order chi connectivity index (χ0) is 19.7. The molecule has 144 valence electrons. The SMILES string of the molecule is C[C@H](c1nnc(-c2ccc([N+](=O)[O-])cc2)o1)N(C)Cc1ccc2c(c1)OCO2. The number of nitro benzene ring substituents is 1. The zero-order valence-electron chi connectivity index (χ0n) is 15.4. The number of non-ortho nitro benzene ring substituents is 1. The minimum atomic E-state index is -0.448. The average molecular weight is 382 g/mol. The minimum Gasteiger partial charge on any atom is -0.454 e. The second-order valence-corrected chi connectivity index (χ2v) is 6.53. The first-order chi connectivity index (χ1) is 13.5. The summed E-state index contributed by atoms with van der Waals surface area (Å²) in [4.78, 5) is 12.4. The molecule has 1 aliphatic rings. The van der Waals surface area contributed by atoms with E-state index in [-0.39, 0.29) is 18.5 Å². The molecule has 1 atom stereocenters. The molecule has 0 saturated heterocycles. The molecule has 0 radical (unpaired) electrons. The number of rotatable bonds is 6. The number of ether oxygens (including phenoxy) is 2. The number of aromatic nitrogens is 2. The van der Waals surface area contributed by atoms with E-state index in [0.29, 0.717) is 23.9 Å². The summed E-state index contributed by atoms with van der Waals surface area (Å²) >= 11 is 0. The Hall–Kier alpha value is -3.46. The quantitative estimate of drug-likeness (QED) is 0.471. The van der Waals surface area contributed by atoms with E-state index in [1.165, 1.54) is 12.1 Å². The lowest BCUT2D eigenvalue weighted by Crippen LogP contribution is -2.22. The third kappa shape index (κ3) is 3.52. The Morgan fingerprint density at radius 3 is 2.64 bits per heavy atom. The van der Waals surface area contributed by atoms with E-state index < -0.39 is 4.92 Å². The minimum absolute atomic E-state index is 0.0142. The highest BCUT2D eigenvalue weighted by Gasteiger charge is 2.21. The first-order valence-corrected chi connectivity index (χ1v) is 8.68. The molecule has 1 aromatic heterocycles. The smallest absolute Gasteiger partial charge is 0.269 e. The normalized spacial score (nSPS) is 13.7. The standard InChI is InChI=1S/C19H18N4O5/c1-12(22(2)10-13-3-8-16-17(9-13)27-11-26-16)18-20-21-19(28-18)14-4-6-15(7-5-14)23(24)25/h3-9,12H,10-11H2,1-2H3/t12-/m1/s1. The summed E-state index contributed by atoms with van der Waals surface area (Å²) < 4.78 is 16.5. The van der Waals surface area contributed by atoms with Crippen LogP contribution in [0, 0.1) is 10.1 Å². The van der Waals surface area contributed by atoms with E-state index in [0.717, 1.165) is 17.1 Å². The van der Waals surface area contributed by atoms with Gasteiger partial charge in [-0.05, 0) is 43.8 Å². The van der Waals surface area contributed by atoms with E-state index in [1.807, 2.05) is 32.2 Å². The molecule has 1 aliphatic heterocycles. The molecule has 0 amide bonds. The number of benzene rings is 2. The van der Waals surface area contributed by atoms with Crippen molar-refractivity contribution in [2.24, 2.45) is 0 Å². The fraction of sp³-hybridized carbons (Fsp3) is 0.263. The highest BCUT2D eigenvalue weighted by Crippen LogP contribution is 2.33. The van der Waals surface area contributed by atoms with Crippen molar-refractivity contribution in [3.05, 3.63) is 64.0 Å². The summed E-state index contributed by atoms with van der Waals surface area (Å²) in [7, 11) is 1.96. The number of nitro groups is 1. The van der Waals surface area contributed by atoms with Crippen molar-refractivity contribution in [3.63, 3.8) is 0 Å². The lowest BCUT2D eigenvalue weighted by atomic mass is 10.1. The average Bonchev–Trinajstić information content (AvgIpc) is 3.36. The molecule has 9 heteroatoms. The van der Waals surface area contributed by atoms with Gasteiger partial charge < -0.3 is 13.9 Å². The maximum Gasteiger partial charge on any atom is 0.269 e. The fourth-order valence-corrected chi connectivity index (χ4v) is 2.90. The van der Waals surface area contributed by atoms with Crippen LogP contribution < -0.4 is 9.47 Å². The zero-order valence-corrected chi connectivity index (χ0v) is 15.4. The van der Waals surface area contributed by atoms with Crippen LogP contribution in [-0.4, -0.2) is 33.9 Å². The third-order valence-electron chi connectivity index (χ3n) is 4.65. The van der Waals surface area contributed by atoms with Gasteiger partial charge in [-0.1, -0.05) is 6.07 Å². The van der Waals surface area contributed by atoms with Gasteiger partial charge in [0.05, 0.1) is 11.0 Å². The third-order valence-corrected chi connectivity index (χ3v) is 4.65. The van der Waals surface area contributed by atoms with Crippen molar-refractivity contribution in [1.82, 2.24) is 15.1 Å². The van der Waals surface area contributed by atoms with Crippen LogP contribution in [0.2, 0.25) is 0 Å². The topological polar surface area (TPSA) is 104 Å². The lowest BCUT2D eigenvalue weighted by molar-refractivity contribution is -0.384. The van der Waals surface area contributed by atoms with Crippen LogP contribution in [0.3, 0.4) is 0 Å². The van der Waals surface area contributed by atoms with Gasteiger partial charge in [0.15, 0.2) is 11.5 Å². The molecule has 9 nitrogen and oxygen atoms in total. The predicted molar refractivity (Wildman–Crippen MR) is 98.8 cm³/mol. The maximum absolute atomic E-state index is 10.8. The van der Waals surface area contributed by atoms with Crippen molar-refractivity contribution in [2.75, 3.05) is 13.8 Å². The van der Waals surface area contributed by atoms with Crippen molar-refractivity contribution in [2.45, 2.75) is 19.5 Å². The first kappa shape index (κ1) is 17.9. The van der Waals surface area contributed by atoms with Gasteiger partial charge in [-0.2, -0.15) is 0 Å². The van der Waals surface area contributed by atoms with Gasteiger partial charge in [0.1, 0.15) is 0 Å². The van der Waals surface area contributed by atoms with Crippen LogP contribution in [0.4, 0.5) is 5.69 Å².